The molecular formula is C16H19N3O2. The van der Waals surface area contributed by atoms with E-state index in [0.29, 0.717) is 17.3 Å². The van der Waals surface area contributed by atoms with Crippen molar-refractivity contribution >= 4 is 17.4 Å². The summed E-state index contributed by atoms with van der Waals surface area (Å²) in [6.45, 7) is 2.74. The fourth-order valence-corrected chi connectivity index (χ4v) is 1.94. The second-order valence-electron chi connectivity index (χ2n) is 4.50. The number of anilines is 2. The molecule has 2 rings (SSSR count). The zero-order valence-electron chi connectivity index (χ0n) is 12.5. The van der Waals surface area contributed by atoms with E-state index in [4.69, 9.17) is 4.74 Å². The van der Waals surface area contributed by atoms with Crippen LogP contribution in [0.1, 0.15) is 17.4 Å². The average Bonchev–Trinajstić information content (AvgIpc) is 2.54. The third kappa shape index (κ3) is 3.51. The quantitative estimate of drug-likeness (QED) is 0.917. The van der Waals surface area contributed by atoms with Crippen molar-refractivity contribution in [2.24, 2.45) is 0 Å². The number of pyridine rings is 1. The van der Waals surface area contributed by atoms with E-state index < -0.39 is 0 Å². The predicted octanol–water partition coefficient (Wildman–Crippen LogP) is 2.80. The molecule has 0 aliphatic carbocycles. The SMILES string of the molecule is CCNc1cccc(C(=O)N(C)c2cccc(OC)c2)n1. The highest BCUT2D eigenvalue weighted by Gasteiger charge is 2.15. The number of amides is 1. The Hall–Kier alpha value is -2.56. The van der Waals surface area contributed by atoms with Crippen molar-refractivity contribution in [2.75, 3.05) is 30.9 Å². The van der Waals surface area contributed by atoms with Gasteiger partial charge in [0.2, 0.25) is 0 Å². The van der Waals surface area contributed by atoms with Crippen LogP contribution in [0.15, 0.2) is 42.5 Å². The number of carbonyl (C=O) groups excluding carboxylic acids is 1. The van der Waals surface area contributed by atoms with Gasteiger partial charge in [-0.2, -0.15) is 0 Å². The lowest BCUT2D eigenvalue weighted by atomic mass is 10.2. The number of hydrogen-bond donors (Lipinski definition) is 1. The summed E-state index contributed by atoms with van der Waals surface area (Å²) in [6.07, 6.45) is 0. The van der Waals surface area contributed by atoms with Crippen LogP contribution in [0.2, 0.25) is 0 Å². The number of ether oxygens (including phenoxy) is 1. The summed E-state index contributed by atoms with van der Waals surface area (Å²) in [5, 5.41) is 3.10. The standard InChI is InChI=1S/C16H19N3O2/c1-4-17-15-10-6-9-14(18-15)16(20)19(2)12-7-5-8-13(11-12)21-3/h5-11H,4H2,1-3H3,(H,17,18). The molecule has 5 heteroatoms. The molecule has 110 valence electrons. The topological polar surface area (TPSA) is 54.5 Å². The van der Waals surface area contributed by atoms with Crippen LogP contribution >= 0.6 is 0 Å². The first-order valence-electron chi connectivity index (χ1n) is 6.78. The zero-order chi connectivity index (χ0) is 15.2. The molecule has 1 N–H and O–H groups in total. The Labute approximate surface area is 124 Å². The van der Waals surface area contributed by atoms with Gasteiger partial charge in [-0.05, 0) is 31.2 Å². The summed E-state index contributed by atoms with van der Waals surface area (Å²) >= 11 is 0. The molecule has 0 fully saturated rings. The van der Waals surface area contributed by atoms with Gasteiger partial charge in [0, 0.05) is 25.3 Å². The average molecular weight is 285 g/mol. The number of carbonyl (C=O) groups is 1. The zero-order valence-corrected chi connectivity index (χ0v) is 12.5. The van der Waals surface area contributed by atoms with E-state index >= 15 is 0 Å². The van der Waals surface area contributed by atoms with Crippen molar-refractivity contribution in [1.82, 2.24) is 4.98 Å². The van der Waals surface area contributed by atoms with Crippen LogP contribution in [0, 0.1) is 0 Å². The molecule has 0 unspecified atom stereocenters. The van der Waals surface area contributed by atoms with Gasteiger partial charge in [0.15, 0.2) is 0 Å². The van der Waals surface area contributed by atoms with Crippen LogP contribution in [0.5, 0.6) is 5.75 Å². The molecule has 1 aromatic heterocycles. The third-order valence-electron chi connectivity index (χ3n) is 3.07. The summed E-state index contributed by atoms with van der Waals surface area (Å²) in [7, 11) is 3.32. The highest BCUT2D eigenvalue weighted by molar-refractivity contribution is 6.04. The van der Waals surface area contributed by atoms with Crippen molar-refractivity contribution in [3.63, 3.8) is 0 Å². The van der Waals surface area contributed by atoms with E-state index in [-0.39, 0.29) is 5.91 Å². The van der Waals surface area contributed by atoms with E-state index in [1.807, 2.05) is 43.3 Å². The Balaban J connectivity index is 2.23. The first kappa shape index (κ1) is 14.8. The molecule has 0 saturated heterocycles. The van der Waals surface area contributed by atoms with Crippen molar-refractivity contribution in [3.05, 3.63) is 48.2 Å². The Bertz CT molecular complexity index is 628. The van der Waals surface area contributed by atoms with E-state index in [2.05, 4.69) is 10.3 Å². The normalized spacial score (nSPS) is 10.0. The lowest BCUT2D eigenvalue weighted by molar-refractivity contribution is 0.0988. The fourth-order valence-electron chi connectivity index (χ4n) is 1.94. The van der Waals surface area contributed by atoms with Crippen LogP contribution < -0.4 is 15.0 Å². The molecule has 0 bridgehead atoms. The number of nitrogens with zero attached hydrogens (tertiary/aromatic N) is 2. The summed E-state index contributed by atoms with van der Waals surface area (Å²) in [5.41, 5.74) is 1.16. The van der Waals surface area contributed by atoms with Crippen molar-refractivity contribution in [1.29, 1.82) is 0 Å². The Morgan fingerprint density at radius 3 is 2.76 bits per heavy atom. The van der Waals surface area contributed by atoms with E-state index in [1.54, 1.807) is 25.1 Å². The molecule has 1 heterocycles. The van der Waals surface area contributed by atoms with Crippen LogP contribution in [0.4, 0.5) is 11.5 Å². The minimum Gasteiger partial charge on any atom is -0.497 e. The lowest BCUT2D eigenvalue weighted by Gasteiger charge is -2.18. The molecule has 0 saturated carbocycles. The maximum absolute atomic E-state index is 12.5. The number of aromatic nitrogens is 1. The van der Waals surface area contributed by atoms with Gasteiger partial charge in [-0.3, -0.25) is 4.79 Å². The summed E-state index contributed by atoms with van der Waals surface area (Å²) in [4.78, 5) is 18.4. The van der Waals surface area contributed by atoms with Gasteiger partial charge >= 0.3 is 0 Å². The molecule has 5 nitrogen and oxygen atoms in total. The summed E-state index contributed by atoms with van der Waals surface area (Å²) < 4.78 is 5.18. The first-order valence-corrected chi connectivity index (χ1v) is 6.78. The fraction of sp³-hybridized carbons (Fsp3) is 0.250. The van der Waals surface area contributed by atoms with E-state index in [1.165, 1.54) is 0 Å². The first-order chi connectivity index (χ1) is 10.2. The van der Waals surface area contributed by atoms with E-state index in [0.717, 1.165) is 12.2 Å². The smallest absolute Gasteiger partial charge is 0.276 e. The molecule has 0 aliphatic rings. The number of hydrogen-bond acceptors (Lipinski definition) is 4. The van der Waals surface area contributed by atoms with Crippen molar-refractivity contribution in [2.45, 2.75) is 6.92 Å². The molecule has 1 aromatic carbocycles. The number of methoxy groups -OCH3 is 1. The second-order valence-corrected chi connectivity index (χ2v) is 4.50. The minimum absolute atomic E-state index is 0.164. The van der Waals surface area contributed by atoms with Crippen molar-refractivity contribution in [3.8, 4) is 5.75 Å². The summed E-state index contributed by atoms with van der Waals surface area (Å²) in [6, 6.07) is 12.7. The molecule has 0 aliphatic heterocycles. The molecule has 2 aromatic rings. The third-order valence-corrected chi connectivity index (χ3v) is 3.07. The monoisotopic (exact) mass is 285 g/mol. The van der Waals surface area contributed by atoms with Crippen molar-refractivity contribution < 1.29 is 9.53 Å². The number of benzene rings is 1. The number of nitrogens with one attached hydrogen (secondary N) is 1. The van der Waals surface area contributed by atoms with Crippen LogP contribution in [0.3, 0.4) is 0 Å². The molecular weight excluding hydrogens is 266 g/mol. The van der Waals surface area contributed by atoms with Crippen LogP contribution in [-0.2, 0) is 0 Å². The van der Waals surface area contributed by atoms with E-state index in [9.17, 15) is 4.79 Å². The van der Waals surface area contributed by atoms with Gasteiger partial charge < -0.3 is 15.0 Å². The maximum atomic E-state index is 12.5. The maximum Gasteiger partial charge on any atom is 0.276 e. The highest BCUT2D eigenvalue weighted by atomic mass is 16.5. The van der Waals surface area contributed by atoms with Gasteiger partial charge in [0.1, 0.15) is 17.3 Å². The van der Waals surface area contributed by atoms with Crippen LogP contribution in [-0.4, -0.2) is 31.6 Å². The molecule has 1 amide bonds. The van der Waals surface area contributed by atoms with Gasteiger partial charge in [-0.1, -0.05) is 12.1 Å². The lowest BCUT2D eigenvalue weighted by Crippen LogP contribution is -2.27. The Morgan fingerprint density at radius 2 is 2.05 bits per heavy atom. The highest BCUT2D eigenvalue weighted by Crippen LogP contribution is 2.21. The van der Waals surface area contributed by atoms with Gasteiger partial charge in [-0.25, -0.2) is 4.98 Å². The summed E-state index contributed by atoms with van der Waals surface area (Å²) in [5.74, 6) is 1.24. The molecule has 0 radical (unpaired) electrons. The Morgan fingerprint density at radius 1 is 1.29 bits per heavy atom. The molecule has 21 heavy (non-hydrogen) atoms. The largest absolute Gasteiger partial charge is 0.497 e. The van der Waals surface area contributed by atoms with Gasteiger partial charge in [-0.15, -0.1) is 0 Å². The predicted molar refractivity (Wildman–Crippen MR) is 84.1 cm³/mol. The minimum atomic E-state index is -0.164. The van der Waals surface area contributed by atoms with Crippen LogP contribution in [0.25, 0.3) is 0 Å². The molecule has 0 atom stereocenters. The van der Waals surface area contributed by atoms with Gasteiger partial charge in [0.05, 0.1) is 7.11 Å². The van der Waals surface area contributed by atoms with Gasteiger partial charge in [0.25, 0.3) is 5.91 Å². The molecule has 0 spiro atoms. The second kappa shape index (κ2) is 6.74. The number of rotatable bonds is 5. The Kier molecular flexibility index (Phi) is 4.77.